The fourth-order valence-electron chi connectivity index (χ4n) is 3.65. The van der Waals surface area contributed by atoms with Gasteiger partial charge in [-0.15, -0.1) is 24.0 Å². The molecule has 1 aromatic rings. The van der Waals surface area contributed by atoms with Crippen LogP contribution in [0.2, 0.25) is 0 Å². The minimum absolute atomic E-state index is 0. The molecule has 1 N–H and O–H groups in total. The number of likely N-dealkylation sites (tertiary alicyclic amines) is 1. The lowest BCUT2D eigenvalue weighted by molar-refractivity contribution is -0.149. The molecule has 0 amide bonds. The molecule has 1 aliphatic rings. The Morgan fingerprint density at radius 2 is 1.84 bits per heavy atom. The van der Waals surface area contributed by atoms with E-state index in [1.165, 1.54) is 0 Å². The Bertz CT molecular complexity index is 704. The molecule has 31 heavy (non-hydrogen) atoms. The topological polar surface area (TPSA) is 81.6 Å². The van der Waals surface area contributed by atoms with Crippen LogP contribution in [0.4, 0.5) is 0 Å². The minimum Gasteiger partial charge on any atom is -0.496 e. The Hall–Kier alpha value is -1.91. The molecule has 1 heterocycles. The van der Waals surface area contributed by atoms with Gasteiger partial charge < -0.3 is 29.2 Å². The molecule has 1 unspecified atom stereocenters. The highest BCUT2D eigenvalue weighted by Gasteiger charge is 2.28. The summed E-state index contributed by atoms with van der Waals surface area (Å²) in [5.74, 6) is 2.70. The molecule has 1 atom stereocenters. The Labute approximate surface area is 202 Å². The number of rotatable bonds is 9. The van der Waals surface area contributed by atoms with Crippen LogP contribution in [0.5, 0.6) is 17.2 Å². The molecule has 1 aliphatic heterocycles. The van der Waals surface area contributed by atoms with Gasteiger partial charge in [-0.25, -0.2) is 0 Å². The van der Waals surface area contributed by atoms with Gasteiger partial charge in [0.1, 0.15) is 17.2 Å². The summed E-state index contributed by atoms with van der Waals surface area (Å²) in [6.07, 6.45) is 2.45. The van der Waals surface area contributed by atoms with Crippen LogP contribution >= 0.6 is 24.0 Å². The van der Waals surface area contributed by atoms with Crippen molar-refractivity contribution in [2.24, 2.45) is 10.9 Å². The predicted molar refractivity (Wildman–Crippen MR) is 132 cm³/mol. The normalized spacial score (nSPS) is 16.2. The van der Waals surface area contributed by atoms with Gasteiger partial charge >= 0.3 is 5.97 Å². The maximum absolute atomic E-state index is 12.2. The summed E-state index contributed by atoms with van der Waals surface area (Å²) in [7, 11) is 4.88. The van der Waals surface area contributed by atoms with E-state index in [0.29, 0.717) is 43.4 Å². The number of ether oxygens (including phenoxy) is 4. The third-order valence-electron chi connectivity index (χ3n) is 5.12. The highest BCUT2D eigenvalue weighted by Crippen LogP contribution is 2.34. The van der Waals surface area contributed by atoms with Gasteiger partial charge in [-0.2, -0.15) is 0 Å². The number of halogens is 1. The van der Waals surface area contributed by atoms with E-state index < -0.39 is 0 Å². The number of nitrogens with zero attached hydrogens (tertiary/aromatic N) is 2. The van der Waals surface area contributed by atoms with Gasteiger partial charge in [0, 0.05) is 43.9 Å². The second-order valence-corrected chi connectivity index (χ2v) is 7.03. The minimum atomic E-state index is -0.120. The van der Waals surface area contributed by atoms with Crippen molar-refractivity contribution >= 4 is 35.9 Å². The summed E-state index contributed by atoms with van der Waals surface area (Å²) in [5.41, 5.74) is 0.948. The zero-order chi connectivity index (χ0) is 21.9. The second kappa shape index (κ2) is 14.2. The summed E-state index contributed by atoms with van der Waals surface area (Å²) < 4.78 is 21.6. The molecule has 0 spiro atoms. The number of esters is 1. The highest BCUT2D eigenvalue weighted by atomic mass is 127. The monoisotopic (exact) mass is 549 g/mol. The lowest BCUT2D eigenvalue weighted by atomic mass is 9.98. The molecule has 1 saturated heterocycles. The lowest BCUT2D eigenvalue weighted by Crippen LogP contribution is -2.48. The average molecular weight is 549 g/mol. The van der Waals surface area contributed by atoms with Crippen LogP contribution in [0.3, 0.4) is 0 Å². The van der Waals surface area contributed by atoms with Gasteiger partial charge in [0.2, 0.25) is 0 Å². The molecule has 1 fully saturated rings. The molecule has 176 valence electrons. The van der Waals surface area contributed by atoms with E-state index in [4.69, 9.17) is 23.9 Å². The van der Waals surface area contributed by atoms with Gasteiger partial charge in [-0.05, 0) is 33.1 Å². The number of aliphatic imine (C=N–C) groups is 1. The molecule has 1 aromatic carbocycles. The maximum atomic E-state index is 12.2. The summed E-state index contributed by atoms with van der Waals surface area (Å²) in [5, 5.41) is 3.35. The van der Waals surface area contributed by atoms with E-state index in [9.17, 15) is 4.79 Å². The smallest absolute Gasteiger partial charge is 0.310 e. The molecule has 0 aromatic heterocycles. The predicted octanol–water partition coefficient (Wildman–Crippen LogP) is 3.11. The van der Waals surface area contributed by atoms with Crippen LogP contribution in [0.25, 0.3) is 0 Å². The average Bonchev–Trinajstić information content (AvgIpc) is 2.78. The van der Waals surface area contributed by atoms with Crippen LogP contribution in [-0.4, -0.2) is 70.9 Å². The second-order valence-electron chi connectivity index (χ2n) is 7.03. The number of methoxy groups -OCH3 is 3. The van der Waals surface area contributed by atoms with Crippen LogP contribution < -0.4 is 19.5 Å². The zero-order valence-electron chi connectivity index (χ0n) is 19.2. The number of carbonyl (C=O) groups is 1. The number of hydrogen-bond donors (Lipinski definition) is 1. The molecule has 2 rings (SSSR count). The third-order valence-corrected chi connectivity index (χ3v) is 5.12. The SMILES string of the molecule is CCNC(=NCCc1c(OC)cc(OC)cc1OC)N1CCCC(C(=O)OCC)C1.I. The van der Waals surface area contributed by atoms with Crippen molar-refractivity contribution in [3.8, 4) is 17.2 Å². The lowest BCUT2D eigenvalue weighted by Gasteiger charge is -2.34. The summed E-state index contributed by atoms with van der Waals surface area (Å²) in [6.45, 7) is 7.10. The first-order valence-corrected chi connectivity index (χ1v) is 10.6. The molecule has 0 saturated carbocycles. The van der Waals surface area contributed by atoms with Crippen molar-refractivity contribution in [1.29, 1.82) is 0 Å². The molecule has 0 bridgehead atoms. The molecule has 0 radical (unpaired) electrons. The van der Waals surface area contributed by atoms with E-state index in [-0.39, 0.29) is 35.9 Å². The van der Waals surface area contributed by atoms with Crippen molar-refractivity contribution in [2.45, 2.75) is 33.1 Å². The van der Waals surface area contributed by atoms with Crippen molar-refractivity contribution in [3.63, 3.8) is 0 Å². The van der Waals surface area contributed by atoms with E-state index in [1.54, 1.807) is 21.3 Å². The first-order chi connectivity index (χ1) is 14.6. The first kappa shape index (κ1) is 27.1. The molecular formula is C22H36IN3O5. The van der Waals surface area contributed by atoms with Crippen molar-refractivity contribution in [1.82, 2.24) is 10.2 Å². The summed E-state index contributed by atoms with van der Waals surface area (Å²) in [6, 6.07) is 3.70. The van der Waals surface area contributed by atoms with Crippen LogP contribution in [-0.2, 0) is 16.0 Å². The number of benzene rings is 1. The van der Waals surface area contributed by atoms with Crippen LogP contribution in [0, 0.1) is 5.92 Å². The van der Waals surface area contributed by atoms with E-state index in [1.807, 2.05) is 26.0 Å². The summed E-state index contributed by atoms with van der Waals surface area (Å²) in [4.78, 5) is 19.1. The van der Waals surface area contributed by atoms with Crippen LogP contribution in [0.15, 0.2) is 17.1 Å². The quantitative estimate of drug-likeness (QED) is 0.220. The van der Waals surface area contributed by atoms with Gasteiger partial charge in [-0.3, -0.25) is 9.79 Å². The van der Waals surface area contributed by atoms with Gasteiger partial charge in [0.25, 0.3) is 0 Å². The Morgan fingerprint density at radius 1 is 1.16 bits per heavy atom. The van der Waals surface area contributed by atoms with Crippen molar-refractivity contribution in [3.05, 3.63) is 17.7 Å². The maximum Gasteiger partial charge on any atom is 0.310 e. The largest absolute Gasteiger partial charge is 0.496 e. The van der Waals surface area contributed by atoms with Crippen molar-refractivity contribution < 1.29 is 23.7 Å². The van der Waals surface area contributed by atoms with Gasteiger partial charge in [0.05, 0.1) is 33.9 Å². The first-order valence-electron chi connectivity index (χ1n) is 10.6. The Balaban J connectivity index is 0.00000480. The number of carbonyl (C=O) groups excluding carboxylic acids is 1. The fraction of sp³-hybridized carbons (Fsp3) is 0.636. The number of piperidine rings is 1. The molecular weight excluding hydrogens is 513 g/mol. The van der Waals surface area contributed by atoms with Crippen LogP contribution in [0.1, 0.15) is 32.3 Å². The van der Waals surface area contributed by atoms with Gasteiger partial charge in [-0.1, -0.05) is 0 Å². The zero-order valence-corrected chi connectivity index (χ0v) is 21.6. The Morgan fingerprint density at radius 3 is 2.39 bits per heavy atom. The fourth-order valence-corrected chi connectivity index (χ4v) is 3.65. The third kappa shape index (κ3) is 7.62. The number of hydrogen-bond acceptors (Lipinski definition) is 6. The van der Waals surface area contributed by atoms with Crippen molar-refractivity contribution in [2.75, 3.05) is 54.1 Å². The Kier molecular flexibility index (Phi) is 12.4. The highest BCUT2D eigenvalue weighted by molar-refractivity contribution is 14.0. The molecule has 8 nitrogen and oxygen atoms in total. The van der Waals surface area contributed by atoms with E-state index in [2.05, 4.69) is 10.2 Å². The number of guanidine groups is 1. The molecule has 9 heteroatoms. The molecule has 0 aliphatic carbocycles. The van der Waals surface area contributed by atoms with Gasteiger partial charge in [0.15, 0.2) is 5.96 Å². The van der Waals surface area contributed by atoms with E-state index >= 15 is 0 Å². The number of nitrogens with one attached hydrogen (secondary N) is 1. The summed E-state index contributed by atoms with van der Waals surface area (Å²) >= 11 is 0. The standard InChI is InChI=1S/C22H35N3O5.HI/c1-6-23-22(25-12-8-9-16(15-25)21(26)30-7-2)24-11-10-18-19(28-4)13-17(27-3)14-20(18)29-5;/h13-14,16H,6-12,15H2,1-5H3,(H,23,24);1H. The van der Waals surface area contributed by atoms with E-state index in [0.717, 1.165) is 37.5 Å².